The van der Waals surface area contributed by atoms with Crippen LogP contribution in [0.15, 0.2) is 57.6 Å². The normalized spacial score (nSPS) is 16.2. The van der Waals surface area contributed by atoms with Crippen molar-refractivity contribution in [2.75, 3.05) is 11.9 Å². The van der Waals surface area contributed by atoms with Crippen LogP contribution >= 0.6 is 15.9 Å². The van der Waals surface area contributed by atoms with Crippen molar-refractivity contribution in [3.05, 3.63) is 70.4 Å². The Kier molecular flexibility index (Phi) is 4.42. The molecule has 128 valence electrons. The number of aromatic nitrogens is 3. The largest absolute Gasteiger partial charge is 0.467 e. The van der Waals surface area contributed by atoms with Gasteiger partial charge in [0.15, 0.2) is 5.82 Å². The van der Waals surface area contributed by atoms with Crippen LogP contribution in [-0.2, 0) is 6.42 Å². The number of fused-ring (bicyclic) bond motifs is 1. The summed E-state index contributed by atoms with van der Waals surface area (Å²) in [6.07, 6.45) is 5.02. The van der Waals surface area contributed by atoms with Gasteiger partial charge in [0, 0.05) is 23.2 Å². The summed E-state index contributed by atoms with van der Waals surface area (Å²) in [5.41, 5.74) is 2.02. The fourth-order valence-electron chi connectivity index (χ4n) is 2.84. The van der Waals surface area contributed by atoms with Crippen molar-refractivity contribution in [1.29, 1.82) is 0 Å². The van der Waals surface area contributed by atoms with Crippen molar-refractivity contribution in [3.8, 4) is 0 Å². The van der Waals surface area contributed by atoms with Crippen LogP contribution in [0.3, 0.4) is 0 Å². The van der Waals surface area contributed by atoms with Crippen molar-refractivity contribution in [1.82, 2.24) is 14.8 Å². The number of hydrogen-bond acceptors (Lipinski definition) is 5. The molecule has 2 N–H and O–H groups in total. The van der Waals surface area contributed by atoms with Gasteiger partial charge in [0.25, 0.3) is 0 Å². The maximum Gasteiger partial charge on any atom is 0.226 e. The van der Waals surface area contributed by atoms with E-state index in [-0.39, 0.29) is 12.6 Å². The molecule has 0 unspecified atom stereocenters. The zero-order chi connectivity index (χ0) is 17.2. The lowest BCUT2D eigenvalue weighted by atomic mass is 10.1. The third-order valence-corrected chi connectivity index (χ3v) is 4.59. The Labute approximate surface area is 153 Å². The van der Waals surface area contributed by atoms with E-state index in [1.54, 1.807) is 6.26 Å². The van der Waals surface area contributed by atoms with Gasteiger partial charge in [-0.1, -0.05) is 28.1 Å². The maximum absolute atomic E-state index is 9.04. The van der Waals surface area contributed by atoms with Gasteiger partial charge in [-0.15, -0.1) is 0 Å². The molecule has 3 heterocycles. The average Bonchev–Trinajstić information content (AvgIpc) is 3.29. The standard InChI is InChI=1S/C18H17BrN4O2/c19-13-7-5-12(6-8-13)14-11-15(16-3-2-10-25-16)23-18(20-14)21-17(22-23)4-1-9-24/h2-3,5-8,10-11,15,24H,1,4,9H2,(H,20,21,22)/t15-/m0/s1. The first-order valence-electron chi connectivity index (χ1n) is 8.09. The van der Waals surface area contributed by atoms with Crippen LogP contribution in [0.4, 0.5) is 5.95 Å². The molecule has 0 radical (unpaired) electrons. The second kappa shape index (κ2) is 6.85. The topological polar surface area (TPSA) is 76.1 Å². The van der Waals surface area contributed by atoms with E-state index in [1.807, 2.05) is 41.1 Å². The fourth-order valence-corrected chi connectivity index (χ4v) is 3.10. The number of aryl methyl sites for hydroxylation is 1. The van der Waals surface area contributed by atoms with Gasteiger partial charge in [-0.05, 0) is 42.3 Å². The molecule has 7 heteroatoms. The highest BCUT2D eigenvalue weighted by Crippen LogP contribution is 2.33. The minimum absolute atomic E-state index is 0.126. The lowest BCUT2D eigenvalue weighted by Crippen LogP contribution is -2.19. The highest BCUT2D eigenvalue weighted by atomic mass is 79.9. The number of anilines is 1. The Morgan fingerprint density at radius 3 is 2.80 bits per heavy atom. The number of allylic oxidation sites excluding steroid dienone is 1. The summed E-state index contributed by atoms with van der Waals surface area (Å²) in [4.78, 5) is 4.58. The lowest BCUT2D eigenvalue weighted by molar-refractivity contribution is 0.287. The molecule has 1 atom stereocenters. The molecule has 0 aliphatic carbocycles. The van der Waals surface area contributed by atoms with Crippen molar-refractivity contribution < 1.29 is 9.52 Å². The number of furan rings is 1. The molecule has 2 aromatic heterocycles. The summed E-state index contributed by atoms with van der Waals surface area (Å²) < 4.78 is 8.47. The summed E-state index contributed by atoms with van der Waals surface area (Å²) in [6, 6.07) is 11.7. The van der Waals surface area contributed by atoms with Crippen LogP contribution in [0, 0.1) is 0 Å². The molecule has 0 saturated heterocycles. The molecular weight excluding hydrogens is 384 g/mol. The van der Waals surface area contributed by atoms with E-state index in [1.165, 1.54) is 0 Å². The van der Waals surface area contributed by atoms with Gasteiger partial charge < -0.3 is 14.8 Å². The third-order valence-electron chi connectivity index (χ3n) is 4.06. The zero-order valence-corrected chi connectivity index (χ0v) is 15.0. The predicted octanol–water partition coefficient (Wildman–Crippen LogP) is 3.61. The highest BCUT2D eigenvalue weighted by Gasteiger charge is 2.26. The predicted molar refractivity (Wildman–Crippen MR) is 98.0 cm³/mol. The van der Waals surface area contributed by atoms with E-state index in [0.29, 0.717) is 24.6 Å². The summed E-state index contributed by atoms with van der Waals surface area (Å²) in [5.74, 6) is 2.18. The molecule has 1 aliphatic heterocycles. The summed E-state index contributed by atoms with van der Waals surface area (Å²) >= 11 is 3.46. The van der Waals surface area contributed by atoms with E-state index >= 15 is 0 Å². The molecule has 0 bridgehead atoms. The first kappa shape index (κ1) is 16.1. The first-order valence-corrected chi connectivity index (χ1v) is 8.88. The van der Waals surface area contributed by atoms with Crippen LogP contribution in [0.2, 0.25) is 0 Å². The zero-order valence-electron chi connectivity index (χ0n) is 13.4. The maximum atomic E-state index is 9.04. The van der Waals surface area contributed by atoms with E-state index in [2.05, 4.69) is 37.4 Å². The second-order valence-electron chi connectivity index (χ2n) is 5.80. The van der Waals surface area contributed by atoms with Gasteiger partial charge in [-0.3, -0.25) is 0 Å². The van der Waals surface area contributed by atoms with E-state index in [9.17, 15) is 0 Å². The van der Waals surface area contributed by atoms with Crippen LogP contribution in [0.25, 0.3) is 5.70 Å². The Morgan fingerprint density at radius 1 is 1.24 bits per heavy atom. The minimum atomic E-state index is -0.166. The van der Waals surface area contributed by atoms with Crippen molar-refractivity contribution in [3.63, 3.8) is 0 Å². The van der Waals surface area contributed by atoms with Crippen molar-refractivity contribution in [2.24, 2.45) is 0 Å². The molecule has 1 aliphatic rings. The number of benzene rings is 1. The van der Waals surface area contributed by atoms with Crippen LogP contribution in [-0.4, -0.2) is 26.5 Å². The molecular formula is C18H17BrN4O2. The lowest BCUT2D eigenvalue weighted by Gasteiger charge is -2.22. The number of hydrogen-bond donors (Lipinski definition) is 2. The first-order chi connectivity index (χ1) is 12.2. The number of halogens is 1. The van der Waals surface area contributed by atoms with Crippen LogP contribution in [0.5, 0.6) is 0 Å². The molecule has 3 aromatic rings. The molecule has 0 saturated carbocycles. The van der Waals surface area contributed by atoms with E-state index in [0.717, 1.165) is 21.5 Å². The van der Waals surface area contributed by atoms with E-state index < -0.39 is 0 Å². The van der Waals surface area contributed by atoms with Crippen molar-refractivity contribution >= 4 is 27.6 Å². The number of nitrogens with zero attached hydrogens (tertiary/aromatic N) is 3. The Bertz CT molecular complexity index is 884. The van der Waals surface area contributed by atoms with Gasteiger partial charge in [0.1, 0.15) is 11.8 Å². The highest BCUT2D eigenvalue weighted by molar-refractivity contribution is 9.10. The second-order valence-corrected chi connectivity index (χ2v) is 6.71. The monoisotopic (exact) mass is 400 g/mol. The van der Waals surface area contributed by atoms with Crippen LogP contribution < -0.4 is 5.32 Å². The molecule has 6 nitrogen and oxygen atoms in total. The fraction of sp³-hybridized carbons (Fsp3) is 0.222. The number of nitrogens with one attached hydrogen (secondary N) is 1. The SMILES string of the molecule is OCCCc1nc2n(n1)[C@H](c1ccco1)C=C(c1ccc(Br)cc1)N2. The van der Waals surface area contributed by atoms with Gasteiger partial charge in [-0.25, -0.2) is 4.68 Å². The molecule has 4 rings (SSSR count). The molecule has 0 fully saturated rings. The number of aliphatic hydroxyl groups excluding tert-OH is 1. The number of aliphatic hydroxyl groups is 1. The molecule has 0 spiro atoms. The Balaban J connectivity index is 1.74. The minimum Gasteiger partial charge on any atom is -0.467 e. The summed E-state index contributed by atoms with van der Waals surface area (Å²) in [7, 11) is 0. The smallest absolute Gasteiger partial charge is 0.226 e. The summed E-state index contributed by atoms with van der Waals surface area (Å²) in [5, 5.41) is 17.0. The third kappa shape index (κ3) is 3.25. The molecule has 25 heavy (non-hydrogen) atoms. The van der Waals surface area contributed by atoms with Gasteiger partial charge in [0.2, 0.25) is 5.95 Å². The quantitative estimate of drug-likeness (QED) is 0.683. The summed E-state index contributed by atoms with van der Waals surface area (Å²) in [6.45, 7) is 0.126. The average molecular weight is 401 g/mol. The molecule has 1 aromatic carbocycles. The van der Waals surface area contributed by atoms with Gasteiger partial charge >= 0.3 is 0 Å². The number of rotatable bonds is 5. The Morgan fingerprint density at radius 2 is 2.08 bits per heavy atom. The van der Waals surface area contributed by atoms with E-state index in [4.69, 9.17) is 9.52 Å². The van der Waals surface area contributed by atoms with Gasteiger partial charge in [-0.2, -0.15) is 10.1 Å². The Hall–Kier alpha value is -2.38. The molecule has 0 amide bonds. The van der Waals surface area contributed by atoms with Gasteiger partial charge in [0.05, 0.1) is 6.26 Å². The van der Waals surface area contributed by atoms with Crippen molar-refractivity contribution in [2.45, 2.75) is 18.9 Å². The van der Waals surface area contributed by atoms with Crippen LogP contribution in [0.1, 0.15) is 29.6 Å².